The summed E-state index contributed by atoms with van der Waals surface area (Å²) in [7, 11) is 0. The number of hydrogen-bond acceptors (Lipinski definition) is 2. The fourth-order valence-electron chi connectivity index (χ4n) is 1.25. The molecule has 0 saturated heterocycles. The van der Waals surface area contributed by atoms with E-state index in [9.17, 15) is 0 Å². The van der Waals surface area contributed by atoms with E-state index in [1.165, 1.54) is 15.8 Å². The second kappa shape index (κ2) is 5.78. The second-order valence-electron chi connectivity index (χ2n) is 3.31. The van der Waals surface area contributed by atoms with E-state index in [0.717, 1.165) is 19.0 Å². The number of hydrogen-bond donors (Lipinski definition) is 1. The molecule has 0 fully saturated rings. The summed E-state index contributed by atoms with van der Waals surface area (Å²) in [6, 6.07) is 2.12. The lowest BCUT2D eigenvalue weighted by Gasteiger charge is -2.10. The molecule has 1 atom stereocenters. The zero-order chi connectivity index (χ0) is 9.68. The first-order valence-corrected chi connectivity index (χ1v) is 6.34. The molecular formula is C10H16BrNS. The highest BCUT2D eigenvalue weighted by atomic mass is 79.9. The smallest absolute Gasteiger partial charge is 0.0314 e. The molecule has 1 aromatic heterocycles. The third-order valence-electron chi connectivity index (χ3n) is 1.97. The van der Waals surface area contributed by atoms with Crippen molar-refractivity contribution in [2.45, 2.75) is 20.3 Å². The molecule has 1 aromatic rings. The van der Waals surface area contributed by atoms with Gasteiger partial charge in [0.15, 0.2) is 0 Å². The summed E-state index contributed by atoms with van der Waals surface area (Å²) in [6.45, 7) is 6.61. The van der Waals surface area contributed by atoms with Crippen LogP contribution in [0.3, 0.4) is 0 Å². The normalized spacial score (nSPS) is 13.2. The van der Waals surface area contributed by atoms with Gasteiger partial charge in [-0.2, -0.15) is 0 Å². The van der Waals surface area contributed by atoms with Crippen LogP contribution in [0.25, 0.3) is 0 Å². The topological polar surface area (TPSA) is 12.0 Å². The van der Waals surface area contributed by atoms with Crippen LogP contribution in [-0.4, -0.2) is 13.1 Å². The first-order chi connectivity index (χ1) is 6.24. The van der Waals surface area contributed by atoms with Crippen molar-refractivity contribution in [2.24, 2.45) is 5.92 Å². The predicted octanol–water partition coefficient (Wildman–Crippen LogP) is 3.30. The number of thiophene rings is 1. The van der Waals surface area contributed by atoms with Gasteiger partial charge < -0.3 is 5.32 Å². The molecule has 1 heterocycles. The van der Waals surface area contributed by atoms with Gasteiger partial charge in [0.25, 0.3) is 0 Å². The van der Waals surface area contributed by atoms with E-state index >= 15 is 0 Å². The van der Waals surface area contributed by atoms with Crippen LogP contribution < -0.4 is 5.32 Å². The van der Waals surface area contributed by atoms with Gasteiger partial charge >= 0.3 is 0 Å². The quantitative estimate of drug-likeness (QED) is 0.858. The van der Waals surface area contributed by atoms with Crippen LogP contribution in [-0.2, 0) is 6.42 Å². The van der Waals surface area contributed by atoms with E-state index < -0.39 is 0 Å². The van der Waals surface area contributed by atoms with Crippen molar-refractivity contribution in [3.05, 3.63) is 20.8 Å². The molecule has 0 aliphatic rings. The van der Waals surface area contributed by atoms with Gasteiger partial charge in [0.2, 0.25) is 0 Å². The van der Waals surface area contributed by atoms with Gasteiger partial charge in [-0.3, -0.25) is 0 Å². The Morgan fingerprint density at radius 3 is 2.92 bits per heavy atom. The van der Waals surface area contributed by atoms with E-state index in [-0.39, 0.29) is 0 Å². The van der Waals surface area contributed by atoms with Crippen molar-refractivity contribution >= 4 is 27.3 Å². The van der Waals surface area contributed by atoms with Gasteiger partial charge in [-0.15, -0.1) is 11.3 Å². The summed E-state index contributed by atoms with van der Waals surface area (Å²) in [5.41, 5.74) is 0. The lowest BCUT2D eigenvalue weighted by Crippen LogP contribution is -2.21. The van der Waals surface area contributed by atoms with Gasteiger partial charge in [-0.1, -0.05) is 13.8 Å². The maximum absolute atomic E-state index is 3.55. The predicted molar refractivity (Wildman–Crippen MR) is 63.4 cm³/mol. The Labute approximate surface area is 92.7 Å². The SMILES string of the molecule is CCNCC(C)Cc1sccc1Br. The minimum absolute atomic E-state index is 0.717. The number of halogens is 1. The molecule has 0 aliphatic heterocycles. The third-order valence-corrected chi connectivity index (χ3v) is 3.92. The van der Waals surface area contributed by atoms with Gasteiger partial charge in [0.05, 0.1) is 0 Å². The van der Waals surface area contributed by atoms with Crippen molar-refractivity contribution in [2.75, 3.05) is 13.1 Å². The largest absolute Gasteiger partial charge is 0.317 e. The lowest BCUT2D eigenvalue weighted by atomic mass is 10.1. The van der Waals surface area contributed by atoms with Crippen LogP contribution in [0, 0.1) is 5.92 Å². The molecular weight excluding hydrogens is 246 g/mol. The minimum Gasteiger partial charge on any atom is -0.317 e. The molecule has 13 heavy (non-hydrogen) atoms. The minimum atomic E-state index is 0.717. The molecule has 0 bridgehead atoms. The molecule has 0 aliphatic carbocycles. The standard InChI is InChI=1S/C10H16BrNS/c1-3-12-7-8(2)6-10-9(11)4-5-13-10/h4-5,8,12H,3,6-7H2,1-2H3. The Kier molecular flexibility index (Phi) is 4.99. The molecule has 1 rings (SSSR count). The summed E-state index contributed by atoms with van der Waals surface area (Å²) in [6.07, 6.45) is 1.17. The molecule has 0 spiro atoms. The summed E-state index contributed by atoms with van der Waals surface area (Å²) in [5, 5.41) is 5.51. The zero-order valence-electron chi connectivity index (χ0n) is 8.14. The lowest BCUT2D eigenvalue weighted by molar-refractivity contribution is 0.524. The first-order valence-electron chi connectivity index (χ1n) is 4.66. The highest BCUT2D eigenvalue weighted by Gasteiger charge is 2.06. The van der Waals surface area contributed by atoms with Crippen molar-refractivity contribution in [1.29, 1.82) is 0 Å². The van der Waals surface area contributed by atoms with Crippen LogP contribution in [0.5, 0.6) is 0 Å². The maximum atomic E-state index is 3.55. The van der Waals surface area contributed by atoms with Crippen molar-refractivity contribution < 1.29 is 0 Å². The highest BCUT2D eigenvalue weighted by Crippen LogP contribution is 2.25. The molecule has 74 valence electrons. The Hall–Kier alpha value is 0.140. The zero-order valence-corrected chi connectivity index (χ0v) is 10.5. The molecule has 1 unspecified atom stereocenters. The average molecular weight is 262 g/mol. The van der Waals surface area contributed by atoms with Gasteiger partial charge in [0, 0.05) is 9.35 Å². The van der Waals surface area contributed by atoms with Crippen LogP contribution in [0.4, 0.5) is 0 Å². The molecule has 3 heteroatoms. The van der Waals surface area contributed by atoms with Gasteiger partial charge in [0.1, 0.15) is 0 Å². The van der Waals surface area contributed by atoms with E-state index in [0.29, 0.717) is 0 Å². The Morgan fingerprint density at radius 2 is 2.38 bits per heavy atom. The molecule has 0 amide bonds. The summed E-state index contributed by atoms with van der Waals surface area (Å²) >= 11 is 5.39. The van der Waals surface area contributed by atoms with Crippen LogP contribution >= 0.6 is 27.3 Å². The number of nitrogens with one attached hydrogen (secondary N) is 1. The van der Waals surface area contributed by atoms with Crippen LogP contribution in [0.15, 0.2) is 15.9 Å². The Balaban J connectivity index is 2.36. The van der Waals surface area contributed by atoms with Gasteiger partial charge in [-0.25, -0.2) is 0 Å². The van der Waals surface area contributed by atoms with Crippen molar-refractivity contribution in [3.8, 4) is 0 Å². The number of rotatable bonds is 5. The van der Waals surface area contributed by atoms with E-state index in [2.05, 4.69) is 46.5 Å². The van der Waals surface area contributed by atoms with Gasteiger partial charge in [-0.05, 0) is 52.8 Å². The molecule has 1 N–H and O–H groups in total. The molecule has 0 saturated carbocycles. The highest BCUT2D eigenvalue weighted by molar-refractivity contribution is 9.10. The van der Waals surface area contributed by atoms with Crippen molar-refractivity contribution in [1.82, 2.24) is 5.32 Å². The summed E-state index contributed by atoms with van der Waals surface area (Å²) in [5.74, 6) is 0.717. The van der Waals surface area contributed by atoms with E-state index in [1.54, 1.807) is 0 Å². The fraction of sp³-hybridized carbons (Fsp3) is 0.600. The molecule has 1 nitrogen and oxygen atoms in total. The van der Waals surface area contributed by atoms with Crippen LogP contribution in [0.2, 0.25) is 0 Å². The second-order valence-corrected chi connectivity index (χ2v) is 5.16. The fourth-order valence-corrected chi connectivity index (χ4v) is 2.93. The average Bonchev–Trinajstić information content (AvgIpc) is 2.48. The molecule has 0 aromatic carbocycles. The van der Waals surface area contributed by atoms with Crippen molar-refractivity contribution in [3.63, 3.8) is 0 Å². The van der Waals surface area contributed by atoms with Crippen LogP contribution in [0.1, 0.15) is 18.7 Å². The van der Waals surface area contributed by atoms with E-state index in [1.807, 2.05) is 11.3 Å². The Morgan fingerprint density at radius 1 is 1.62 bits per heavy atom. The summed E-state index contributed by atoms with van der Waals surface area (Å²) < 4.78 is 1.26. The van der Waals surface area contributed by atoms with E-state index in [4.69, 9.17) is 0 Å². The first kappa shape index (κ1) is 11.2. The summed E-state index contributed by atoms with van der Waals surface area (Å²) in [4.78, 5) is 1.46. The molecule has 0 radical (unpaired) electrons. The Bertz CT molecular complexity index is 247. The third kappa shape index (κ3) is 3.79. The monoisotopic (exact) mass is 261 g/mol. The maximum Gasteiger partial charge on any atom is 0.0314 e.